The van der Waals surface area contributed by atoms with E-state index in [9.17, 15) is 0 Å². The van der Waals surface area contributed by atoms with Crippen LogP contribution in [0.4, 0.5) is 0 Å². The van der Waals surface area contributed by atoms with Crippen LogP contribution in [0.2, 0.25) is 5.02 Å². The number of rotatable bonds is 7. The molecule has 18 heavy (non-hydrogen) atoms. The minimum absolute atomic E-state index is 0.573. The Balaban J connectivity index is 2.29. The number of benzene rings is 1. The molecule has 1 aromatic carbocycles. The molecule has 1 rings (SSSR count). The van der Waals surface area contributed by atoms with Gasteiger partial charge >= 0.3 is 0 Å². The second-order valence-electron chi connectivity index (χ2n) is 5.69. The quantitative estimate of drug-likeness (QED) is 0.737. The monoisotopic (exact) mass is 267 g/mol. The minimum atomic E-state index is 0.573. The van der Waals surface area contributed by atoms with Gasteiger partial charge in [0.15, 0.2) is 0 Å². The second kappa shape index (κ2) is 7.81. The van der Waals surface area contributed by atoms with Gasteiger partial charge in [-0.05, 0) is 43.4 Å². The summed E-state index contributed by atoms with van der Waals surface area (Å²) in [5.41, 5.74) is 2.41. The molecule has 1 atom stereocenters. The first-order chi connectivity index (χ1) is 8.49. The standard InChI is InChI=1S/C16H26ClN/c1-12(2)6-5-7-14(4)18-11-15-9-8-13(3)16(17)10-15/h8-10,12,14,18H,5-7,11H2,1-4H3. The number of hydrogen-bond acceptors (Lipinski definition) is 1. The fourth-order valence-corrected chi connectivity index (χ4v) is 2.18. The number of aryl methyl sites for hydroxylation is 1. The minimum Gasteiger partial charge on any atom is -0.310 e. The molecule has 0 aromatic heterocycles. The van der Waals surface area contributed by atoms with E-state index in [1.54, 1.807) is 0 Å². The van der Waals surface area contributed by atoms with Crippen LogP contribution in [-0.4, -0.2) is 6.04 Å². The van der Waals surface area contributed by atoms with E-state index in [2.05, 4.69) is 44.3 Å². The summed E-state index contributed by atoms with van der Waals surface area (Å²) in [4.78, 5) is 0. The van der Waals surface area contributed by atoms with Crippen molar-refractivity contribution in [2.45, 2.75) is 59.5 Å². The molecule has 1 nitrogen and oxygen atoms in total. The highest BCUT2D eigenvalue weighted by molar-refractivity contribution is 6.31. The van der Waals surface area contributed by atoms with Crippen molar-refractivity contribution in [2.24, 2.45) is 5.92 Å². The Morgan fingerprint density at radius 1 is 1.17 bits per heavy atom. The Morgan fingerprint density at radius 3 is 2.50 bits per heavy atom. The SMILES string of the molecule is Cc1ccc(CNC(C)CCCC(C)C)cc1Cl. The Hall–Kier alpha value is -0.530. The molecule has 0 spiro atoms. The topological polar surface area (TPSA) is 12.0 Å². The van der Waals surface area contributed by atoms with Gasteiger partial charge in [0.25, 0.3) is 0 Å². The molecule has 0 amide bonds. The van der Waals surface area contributed by atoms with Crippen LogP contribution in [0, 0.1) is 12.8 Å². The van der Waals surface area contributed by atoms with Gasteiger partial charge in [-0.15, -0.1) is 0 Å². The van der Waals surface area contributed by atoms with Crippen molar-refractivity contribution in [1.29, 1.82) is 0 Å². The smallest absolute Gasteiger partial charge is 0.0438 e. The van der Waals surface area contributed by atoms with E-state index < -0.39 is 0 Å². The van der Waals surface area contributed by atoms with Crippen molar-refractivity contribution in [3.05, 3.63) is 34.3 Å². The molecule has 0 aliphatic heterocycles. The molecule has 0 saturated carbocycles. The molecule has 2 heteroatoms. The van der Waals surface area contributed by atoms with E-state index in [0.717, 1.165) is 23.0 Å². The van der Waals surface area contributed by atoms with Gasteiger partial charge in [-0.1, -0.05) is 50.4 Å². The molecule has 0 fully saturated rings. The van der Waals surface area contributed by atoms with Crippen LogP contribution in [0.1, 0.15) is 51.2 Å². The van der Waals surface area contributed by atoms with Gasteiger partial charge in [0.05, 0.1) is 0 Å². The predicted molar refractivity (Wildman–Crippen MR) is 81.2 cm³/mol. The second-order valence-corrected chi connectivity index (χ2v) is 6.10. The highest BCUT2D eigenvalue weighted by Gasteiger charge is 2.03. The largest absolute Gasteiger partial charge is 0.310 e. The Labute approximate surface area is 117 Å². The fraction of sp³-hybridized carbons (Fsp3) is 0.625. The maximum atomic E-state index is 6.12. The van der Waals surface area contributed by atoms with Crippen LogP contribution in [0.25, 0.3) is 0 Å². The predicted octanol–water partition coefficient (Wildman–Crippen LogP) is 4.95. The molecule has 0 saturated heterocycles. The summed E-state index contributed by atoms with van der Waals surface area (Å²) in [6.45, 7) is 9.77. The van der Waals surface area contributed by atoms with Gasteiger partial charge in [0.1, 0.15) is 0 Å². The lowest BCUT2D eigenvalue weighted by atomic mass is 10.0. The highest BCUT2D eigenvalue weighted by Crippen LogP contribution is 2.16. The van der Waals surface area contributed by atoms with Gasteiger partial charge in [-0.3, -0.25) is 0 Å². The van der Waals surface area contributed by atoms with Crippen LogP contribution in [0.3, 0.4) is 0 Å². The number of hydrogen-bond donors (Lipinski definition) is 1. The van der Waals surface area contributed by atoms with E-state index in [1.807, 2.05) is 6.92 Å². The Bertz CT molecular complexity index is 360. The molecule has 0 aliphatic rings. The zero-order valence-electron chi connectivity index (χ0n) is 12.1. The average Bonchev–Trinajstić information content (AvgIpc) is 2.30. The van der Waals surface area contributed by atoms with Crippen LogP contribution in [0.5, 0.6) is 0 Å². The first-order valence-electron chi connectivity index (χ1n) is 6.97. The molecule has 0 radical (unpaired) electrons. The Kier molecular flexibility index (Phi) is 6.73. The summed E-state index contributed by atoms with van der Waals surface area (Å²) < 4.78 is 0. The van der Waals surface area contributed by atoms with Crippen LogP contribution in [-0.2, 0) is 6.54 Å². The molecule has 1 unspecified atom stereocenters. The van der Waals surface area contributed by atoms with Crippen molar-refractivity contribution < 1.29 is 0 Å². The van der Waals surface area contributed by atoms with Crippen molar-refractivity contribution in [2.75, 3.05) is 0 Å². The summed E-state index contributed by atoms with van der Waals surface area (Å²) in [5.74, 6) is 0.813. The van der Waals surface area contributed by atoms with Crippen LogP contribution in [0.15, 0.2) is 18.2 Å². The number of nitrogens with one attached hydrogen (secondary N) is 1. The lowest BCUT2D eigenvalue weighted by Gasteiger charge is -2.15. The fourth-order valence-electron chi connectivity index (χ4n) is 1.97. The molecule has 102 valence electrons. The van der Waals surface area contributed by atoms with E-state index in [-0.39, 0.29) is 0 Å². The van der Waals surface area contributed by atoms with E-state index in [0.29, 0.717) is 6.04 Å². The van der Waals surface area contributed by atoms with Crippen molar-refractivity contribution >= 4 is 11.6 Å². The third-order valence-electron chi connectivity index (χ3n) is 3.31. The molecular formula is C16H26ClN. The zero-order chi connectivity index (χ0) is 13.5. The van der Waals surface area contributed by atoms with Gasteiger partial charge in [0.2, 0.25) is 0 Å². The van der Waals surface area contributed by atoms with Gasteiger partial charge in [-0.2, -0.15) is 0 Å². The zero-order valence-corrected chi connectivity index (χ0v) is 12.8. The maximum absolute atomic E-state index is 6.12. The molecular weight excluding hydrogens is 242 g/mol. The maximum Gasteiger partial charge on any atom is 0.0438 e. The molecule has 0 bridgehead atoms. The molecule has 1 aromatic rings. The van der Waals surface area contributed by atoms with Crippen molar-refractivity contribution in [3.8, 4) is 0 Å². The first kappa shape index (κ1) is 15.5. The third kappa shape index (κ3) is 5.88. The third-order valence-corrected chi connectivity index (χ3v) is 3.72. The summed E-state index contributed by atoms with van der Waals surface area (Å²) >= 11 is 6.12. The van der Waals surface area contributed by atoms with E-state index >= 15 is 0 Å². The Morgan fingerprint density at radius 2 is 1.89 bits per heavy atom. The summed E-state index contributed by atoms with van der Waals surface area (Å²) in [6, 6.07) is 6.87. The van der Waals surface area contributed by atoms with Crippen molar-refractivity contribution in [3.63, 3.8) is 0 Å². The van der Waals surface area contributed by atoms with Gasteiger partial charge in [0, 0.05) is 17.6 Å². The van der Waals surface area contributed by atoms with E-state index in [1.165, 1.54) is 24.8 Å². The lowest BCUT2D eigenvalue weighted by molar-refractivity contribution is 0.457. The normalized spacial score (nSPS) is 13.0. The molecule has 1 N–H and O–H groups in total. The van der Waals surface area contributed by atoms with Crippen molar-refractivity contribution in [1.82, 2.24) is 5.32 Å². The van der Waals surface area contributed by atoms with Gasteiger partial charge < -0.3 is 5.32 Å². The van der Waals surface area contributed by atoms with E-state index in [4.69, 9.17) is 11.6 Å². The first-order valence-corrected chi connectivity index (χ1v) is 7.35. The highest BCUT2D eigenvalue weighted by atomic mass is 35.5. The number of halogens is 1. The molecule has 0 heterocycles. The lowest BCUT2D eigenvalue weighted by Crippen LogP contribution is -2.25. The van der Waals surface area contributed by atoms with Crippen LogP contribution < -0.4 is 5.32 Å². The summed E-state index contributed by atoms with van der Waals surface area (Å²) in [7, 11) is 0. The average molecular weight is 268 g/mol. The molecule has 0 aliphatic carbocycles. The summed E-state index contributed by atoms with van der Waals surface area (Å²) in [6.07, 6.45) is 3.88. The van der Waals surface area contributed by atoms with Gasteiger partial charge in [-0.25, -0.2) is 0 Å². The summed E-state index contributed by atoms with van der Waals surface area (Å²) in [5, 5.41) is 4.42. The van der Waals surface area contributed by atoms with Crippen LogP contribution >= 0.6 is 11.6 Å².